The molecule has 0 unspecified atom stereocenters. The third kappa shape index (κ3) is 3.94. The smallest absolute Gasteiger partial charge is 0.257 e. The van der Waals surface area contributed by atoms with E-state index in [4.69, 9.17) is 11.6 Å². The van der Waals surface area contributed by atoms with Gasteiger partial charge in [-0.15, -0.1) is 0 Å². The number of pyridine rings is 1. The molecule has 1 amide bonds. The Morgan fingerprint density at radius 3 is 2.47 bits per heavy atom. The molecule has 0 fully saturated rings. The van der Waals surface area contributed by atoms with Gasteiger partial charge in [0.15, 0.2) is 9.84 Å². The standard InChI is InChI=1S/C22H18ClN3O3S/c1-14-4-3-11-26-13-20(25-21(14)26)15-5-7-16(8-6-15)24-22(27)18-10-9-17(12-19(18)23)30(2,28)29/h3-13H,1-2H3,(H,24,27). The topological polar surface area (TPSA) is 80.5 Å². The Morgan fingerprint density at radius 2 is 1.83 bits per heavy atom. The molecule has 8 heteroatoms. The molecule has 0 atom stereocenters. The summed E-state index contributed by atoms with van der Waals surface area (Å²) >= 11 is 6.12. The van der Waals surface area contributed by atoms with Gasteiger partial charge in [0.1, 0.15) is 5.65 Å². The van der Waals surface area contributed by atoms with Crippen LogP contribution in [0.1, 0.15) is 15.9 Å². The fourth-order valence-corrected chi connectivity index (χ4v) is 4.10. The lowest BCUT2D eigenvalue weighted by atomic mass is 10.1. The predicted molar refractivity (Wildman–Crippen MR) is 118 cm³/mol. The highest BCUT2D eigenvalue weighted by molar-refractivity contribution is 7.90. The van der Waals surface area contributed by atoms with E-state index in [2.05, 4.69) is 10.3 Å². The monoisotopic (exact) mass is 439 g/mol. The van der Waals surface area contributed by atoms with Crippen LogP contribution in [0.15, 0.2) is 71.9 Å². The van der Waals surface area contributed by atoms with Gasteiger partial charge >= 0.3 is 0 Å². The average molecular weight is 440 g/mol. The summed E-state index contributed by atoms with van der Waals surface area (Å²) < 4.78 is 25.2. The lowest BCUT2D eigenvalue weighted by Gasteiger charge is -2.08. The molecular weight excluding hydrogens is 422 g/mol. The van der Waals surface area contributed by atoms with Crippen LogP contribution in [0.3, 0.4) is 0 Å². The molecule has 2 aromatic heterocycles. The number of aromatic nitrogens is 2. The maximum atomic E-state index is 12.5. The Hall–Kier alpha value is -3.16. The number of benzene rings is 2. The van der Waals surface area contributed by atoms with E-state index in [0.29, 0.717) is 5.69 Å². The van der Waals surface area contributed by atoms with Gasteiger partial charge in [-0.1, -0.05) is 29.8 Å². The van der Waals surface area contributed by atoms with Crippen LogP contribution < -0.4 is 5.32 Å². The van der Waals surface area contributed by atoms with Gasteiger partial charge in [-0.2, -0.15) is 0 Å². The van der Waals surface area contributed by atoms with E-state index in [-0.39, 0.29) is 15.5 Å². The predicted octanol–water partition coefficient (Wildman–Crippen LogP) is 4.62. The highest BCUT2D eigenvalue weighted by Gasteiger charge is 2.15. The number of rotatable bonds is 4. The van der Waals surface area contributed by atoms with Crippen LogP contribution in [0.2, 0.25) is 5.02 Å². The van der Waals surface area contributed by atoms with Crippen LogP contribution in [-0.2, 0) is 9.84 Å². The summed E-state index contributed by atoms with van der Waals surface area (Å²) in [6.07, 6.45) is 5.00. The van der Waals surface area contributed by atoms with Gasteiger partial charge in [-0.3, -0.25) is 4.79 Å². The lowest BCUT2D eigenvalue weighted by Crippen LogP contribution is -2.13. The molecule has 2 heterocycles. The second-order valence-corrected chi connectivity index (χ2v) is 9.42. The number of halogens is 1. The minimum atomic E-state index is -3.39. The third-order valence-corrected chi connectivity index (χ3v) is 6.15. The molecule has 0 saturated heterocycles. The van der Waals surface area contributed by atoms with Crippen LogP contribution in [0, 0.1) is 6.92 Å². The van der Waals surface area contributed by atoms with Gasteiger partial charge in [-0.25, -0.2) is 13.4 Å². The van der Waals surface area contributed by atoms with Crippen molar-refractivity contribution in [1.29, 1.82) is 0 Å². The number of sulfone groups is 1. The highest BCUT2D eigenvalue weighted by Crippen LogP contribution is 2.24. The molecule has 0 spiro atoms. The zero-order valence-electron chi connectivity index (χ0n) is 16.3. The van der Waals surface area contributed by atoms with Crippen LogP contribution in [0.4, 0.5) is 5.69 Å². The molecule has 0 saturated carbocycles. The van der Waals surface area contributed by atoms with E-state index >= 15 is 0 Å². The minimum absolute atomic E-state index is 0.0658. The van der Waals surface area contributed by atoms with Crippen molar-refractivity contribution in [1.82, 2.24) is 9.38 Å². The van der Waals surface area contributed by atoms with Crippen molar-refractivity contribution >= 4 is 38.7 Å². The Bertz CT molecular complexity index is 1380. The van der Waals surface area contributed by atoms with Crippen molar-refractivity contribution in [2.75, 3.05) is 11.6 Å². The fourth-order valence-electron chi connectivity index (χ4n) is 3.13. The summed E-state index contributed by atoms with van der Waals surface area (Å²) in [5, 5.41) is 2.85. The average Bonchev–Trinajstić information content (AvgIpc) is 3.13. The van der Waals surface area contributed by atoms with Gasteiger partial charge in [-0.05, 0) is 48.9 Å². The number of carbonyl (C=O) groups is 1. The van der Waals surface area contributed by atoms with Gasteiger partial charge in [0.25, 0.3) is 5.91 Å². The maximum Gasteiger partial charge on any atom is 0.257 e. The van der Waals surface area contributed by atoms with E-state index in [0.717, 1.165) is 28.7 Å². The van der Waals surface area contributed by atoms with Crippen molar-refractivity contribution in [3.05, 3.63) is 83.1 Å². The first-order valence-corrected chi connectivity index (χ1v) is 11.3. The molecule has 4 rings (SSSR count). The maximum absolute atomic E-state index is 12.5. The van der Waals surface area contributed by atoms with E-state index < -0.39 is 15.7 Å². The summed E-state index contributed by atoms with van der Waals surface area (Å²) in [5.74, 6) is -0.420. The largest absolute Gasteiger partial charge is 0.322 e. The Kier molecular flexibility index (Phi) is 5.09. The van der Waals surface area contributed by atoms with Crippen molar-refractivity contribution < 1.29 is 13.2 Å². The molecule has 0 aliphatic carbocycles. The second-order valence-electron chi connectivity index (χ2n) is 6.99. The molecular formula is C22H18ClN3O3S. The molecule has 6 nitrogen and oxygen atoms in total. The van der Waals surface area contributed by atoms with Crippen molar-refractivity contribution in [2.24, 2.45) is 0 Å². The Morgan fingerprint density at radius 1 is 1.10 bits per heavy atom. The number of nitrogens with zero attached hydrogens (tertiary/aromatic N) is 2. The first-order valence-electron chi connectivity index (χ1n) is 9.08. The number of fused-ring (bicyclic) bond motifs is 1. The first kappa shape index (κ1) is 20.1. The van der Waals surface area contributed by atoms with Gasteiger partial charge in [0, 0.05) is 29.9 Å². The zero-order valence-corrected chi connectivity index (χ0v) is 17.8. The minimum Gasteiger partial charge on any atom is -0.322 e. The number of aryl methyl sites for hydroxylation is 1. The fraction of sp³-hybridized carbons (Fsp3) is 0.0909. The van der Waals surface area contributed by atoms with Crippen LogP contribution in [-0.4, -0.2) is 30.0 Å². The molecule has 0 aliphatic heterocycles. The molecule has 2 aromatic carbocycles. The summed E-state index contributed by atoms with van der Waals surface area (Å²) in [6.45, 7) is 2.01. The van der Waals surface area contributed by atoms with Crippen molar-refractivity contribution in [3.63, 3.8) is 0 Å². The number of nitrogens with one attached hydrogen (secondary N) is 1. The van der Waals surface area contributed by atoms with Crippen LogP contribution in [0.25, 0.3) is 16.9 Å². The summed E-state index contributed by atoms with van der Waals surface area (Å²) in [6, 6.07) is 15.3. The molecule has 1 N–H and O–H groups in total. The van der Waals surface area contributed by atoms with Crippen LogP contribution >= 0.6 is 11.6 Å². The van der Waals surface area contributed by atoms with Gasteiger partial charge in [0.2, 0.25) is 0 Å². The SMILES string of the molecule is Cc1cccn2cc(-c3ccc(NC(=O)c4ccc(S(C)(=O)=O)cc4Cl)cc3)nc12. The molecule has 152 valence electrons. The third-order valence-electron chi connectivity index (χ3n) is 4.73. The van der Waals surface area contributed by atoms with Gasteiger partial charge < -0.3 is 9.72 Å². The normalized spacial score (nSPS) is 11.6. The Balaban J connectivity index is 1.54. The molecule has 0 aliphatic rings. The number of amides is 1. The number of hydrogen-bond donors (Lipinski definition) is 1. The summed E-state index contributed by atoms with van der Waals surface area (Å²) in [4.78, 5) is 17.3. The number of imidazole rings is 1. The Labute approximate surface area is 179 Å². The van der Waals surface area contributed by atoms with E-state index in [1.807, 2.05) is 48.0 Å². The van der Waals surface area contributed by atoms with Crippen molar-refractivity contribution in [2.45, 2.75) is 11.8 Å². The summed E-state index contributed by atoms with van der Waals surface area (Å²) in [7, 11) is -3.39. The van der Waals surface area contributed by atoms with Gasteiger partial charge in [0.05, 0.1) is 21.2 Å². The molecule has 0 radical (unpaired) electrons. The molecule has 0 bridgehead atoms. The molecule has 30 heavy (non-hydrogen) atoms. The molecule has 4 aromatic rings. The van der Waals surface area contributed by atoms with Crippen LogP contribution in [0.5, 0.6) is 0 Å². The lowest BCUT2D eigenvalue weighted by molar-refractivity contribution is 0.102. The van der Waals surface area contributed by atoms with E-state index in [1.54, 1.807) is 12.1 Å². The second kappa shape index (κ2) is 7.59. The first-order chi connectivity index (χ1) is 14.2. The van der Waals surface area contributed by atoms with E-state index in [1.165, 1.54) is 18.2 Å². The zero-order chi connectivity index (χ0) is 21.5. The quantitative estimate of drug-likeness (QED) is 0.503. The number of carbonyl (C=O) groups excluding carboxylic acids is 1. The number of hydrogen-bond acceptors (Lipinski definition) is 4. The number of anilines is 1. The van der Waals surface area contributed by atoms with E-state index in [9.17, 15) is 13.2 Å². The van der Waals surface area contributed by atoms with Crippen molar-refractivity contribution in [3.8, 4) is 11.3 Å². The summed E-state index contributed by atoms with van der Waals surface area (Å²) in [5.41, 5.74) is 4.53. The highest BCUT2D eigenvalue weighted by atomic mass is 35.5.